The van der Waals surface area contributed by atoms with Gasteiger partial charge in [0.25, 0.3) is 0 Å². The molecule has 1 aromatic carbocycles. The van der Waals surface area contributed by atoms with Crippen LogP contribution in [0.2, 0.25) is 5.11 Å². The minimum atomic E-state index is -4.62. The molecule has 1 aromatic heterocycles. The van der Waals surface area contributed by atoms with Gasteiger partial charge in [0.1, 0.15) is 29.2 Å². The van der Waals surface area contributed by atoms with Gasteiger partial charge in [-0.3, -0.25) is 4.79 Å². The molecule has 0 spiro atoms. The van der Waals surface area contributed by atoms with Crippen molar-refractivity contribution < 1.29 is 23.1 Å². The van der Waals surface area contributed by atoms with Gasteiger partial charge in [0.15, 0.2) is 0 Å². The second-order valence-electron chi connectivity index (χ2n) is 7.66. The van der Waals surface area contributed by atoms with Crippen LogP contribution in [-0.2, 0) is 4.79 Å². The first kappa shape index (κ1) is 21.5. The number of nitrogens with two attached hydrogens (primary N) is 1. The van der Waals surface area contributed by atoms with Crippen LogP contribution >= 0.6 is 0 Å². The van der Waals surface area contributed by atoms with E-state index in [1.807, 2.05) is 6.07 Å². The summed E-state index contributed by atoms with van der Waals surface area (Å²) in [5.74, 6) is -2.11. The van der Waals surface area contributed by atoms with Crippen molar-refractivity contribution >= 4 is 35.3 Å². The van der Waals surface area contributed by atoms with Crippen molar-refractivity contribution in [3.63, 3.8) is 0 Å². The summed E-state index contributed by atoms with van der Waals surface area (Å²) in [7, 11) is 4.25. The molecule has 28 heavy (non-hydrogen) atoms. The maximum atomic E-state index is 13.7. The van der Waals surface area contributed by atoms with E-state index in [1.54, 1.807) is 0 Å². The molecule has 0 aliphatic carbocycles. The lowest BCUT2D eigenvalue weighted by Gasteiger charge is -2.33. The molecule has 3 N–H and O–H groups in total. The van der Waals surface area contributed by atoms with Gasteiger partial charge in [-0.1, -0.05) is 29.4 Å². The predicted octanol–water partition coefficient (Wildman–Crippen LogP) is 0.268. The number of carboxylic acid groups (broad SMARTS) is 1. The van der Waals surface area contributed by atoms with E-state index in [0.29, 0.717) is 15.8 Å². The molecule has 0 saturated carbocycles. The lowest BCUT2D eigenvalue weighted by Crippen LogP contribution is -2.39. The van der Waals surface area contributed by atoms with Gasteiger partial charge >= 0.3 is 12.1 Å². The van der Waals surface area contributed by atoms with Gasteiger partial charge < -0.3 is 10.8 Å². The molecular weight excluding hydrogens is 370 g/mol. The Morgan fingerprint density at radius 2 is 1.82 bits per heavy atom. The molecule has 144 valence electrons. The lowest BCUT2D eigenvalue weighted by molar-refractivity contribution is -0.169. The van der Waals surface area contributed by atoms with Crippen LogP contribution in [0.4, 0.5) is 19.0 Å². The number of carbonyl (C=O) groups is 1. The summed E-state index contributed by atoms with van der Waals surface area (Å²) in [5, 5.41) is 21.3. The highest BCUT2D eigenvalue weighted by Gasteiger charge is 2.49. The van der Waals surface area contributed by atoms with Crippen LogP contribution < -0.4 is 5.73 Å². The fraction of sp³-hybridized carbons (Fsp3) is 0.312. The topological polar surface area (TPSA) is 105 Å². The zero-order chi connectivity index (χ0) is 21.4. The molecule has 1 heterocycles. The monoisotopic (exact) mass is 388 g/mol. The van der Waals surface area contributed by atoms with E-state index in [1.165, 1.54) is 54.7 Å². The molecule has 0 aliphatic heterocycles. The molecule has 0 aliphatic rings. The van der Waals surface area contributed by atoms with E-state index < -0.39 is 29.2 Å². The zero-order valence-electron chi connectivity index (χ0n) is 15.9. The van der Waals surface area contributed by atoms with E-state index >= 15 is 0 Å². The van der Waals surface area contributed by atoms with Crippen LogP contribution in [0.5, 0.6) is 0 Å². The Bertz CT molecular complexity index is 917. The molecule has 0 saturated heterocycles. The van der Waals surface area contributed by atoms with Crippen molar-refractivity contribution in [2.45, 2.75) is 30.2 Å². The number of hydrogen-bond donors (Lipinski definition) is 2. The Hall–Kier alpha value is -2.83. The van der Waals surface area contributed by atoms with Crippen molar-refractivity contribution in [1.29, 1.82) is 5.26 Å². The Kier molecular flexibility index (Phi) is 5.60. The van der Waals surface area contributed by atoms with Crippen LogP contribution in [0.3, 0.4) is 0 Å². The van der Waals surface area contributed by atoms with E-state index in [0.717, 1.165) is 0 Å². The molecular formula is C16H18B3F3N4O2. The third-order valence-electron chi connectivity index (χ3n) is 4.49. The second kappa shape index (κ2) is 7.30. The van der Waals surface area contributed by atoms with Gasteiger partial charge in [0.05, 0.1) is 29.5 Å². The highest BCUT2D eigenvalue weighted by atomic mass is 19.4. The molecule has 12 heteroatoms. The van der Waals surface area contributed by atoms with Crippen LogP contribution in [-0.4, -0.2) is 50.6 Å². The van der Waals surface area contributed by atoms with Crippen molar-refractivity contribution in [3.8, 4) is 17.3 Å². The third-order valence-corrected chi connectivity index (χ3v) is 4.49. The number of alkyl halides is 3. The van der Waals surface area contributed by atoms with Gasteiger partial charge in [-0.15, -0.1) is 0 Å². The first-order valence-electron chi connectivity index (χ1n) is 8.47. The number of rotatable bonds is 5. The molecule has 2 rings (SSSR count). The average Bonchev–Trinajstić information content (AvgIpc) is 2.88. The number of nitriles is 1. The molecule has 0 amide bonds. The molecule has 0 bridgehead atoms. The highest BCUT2D eigenvalue weighted by Crippen LogP contribution is 2.45. The molecule has 0 radical (unpaired) electrons. The van der Waals surface area contributed by atoms with Crippen molar-refractivity contribution in [3.05, 3.63) is 35.4 Å². The van der Waals surface area contributed by atoms with Crippen LogP contribution in [0.25, 0.3) is 11.3 Å². The minimum absolute atomic E-state index is 0.0213. The molecule has 2 aromatic rings. The number of anilines is 1. The quantitative estimate of drug-likeness (QED) is 0.716. The number of aliphatic carboxylic acids is 1. The first-order chi connectivity index (χ1) is 12.8. The van der Waals surface area contributed by atoms with Gasteiger partial charge in [0.2, 0.25) is 0 Å². The van der Waals surface area contributed by atoms with Gasteiger partial charge in [0, 0.05) is 5.56 Å². The zero-order valence-corrected chi connectivity index (χ0v) is 15.9. The minimum Gasteiger partial charge on any atom is -0.481 e. The average molecular weight is 388 g/mol. The Morgan fingerprint density at radius 3 is 2.21 bits per heavy atom. The number of aromatic nitrogens is 2. The Morgan fingerprint density at radius 1 is 1.29 bits per heavy atom. The highest BCUT2D eigenvalue weighted by molar-refractivity contribution is 6.59. The van der Waals surface area contributed by atoms with Crippen LogP contribution in [0.15, 0.2) is 24.3 Å². The molecule has 2 atom stereocenters. The van der Waals surface area contributed by atoms with Gasteiger partial charge in [-0.25, -0.2) is 4.68 Å². The van der Waals surface area contributed by atoms with Crippen LogP contribution in [0.1, 0.15) is 30.0 Å². The summed E-state index contributed by atoms with van der Waals surface area (Å²) >= 11 is 0. The second-order valence-corrected chi connectivity index (χ2v) is 7.66. The van der Waals surface area contributed by atoms with Crippen LogP contribution in [0, 0.1) is 11.3 Å². The predicted molar refractivity (Wildman–Crippen MR) is 106 cm³/mol. The lowest BCUT2D eigenvalue weighted by atomic mass is 9.39. The first-order valence-corrected chi connectivity index (χ1v) is 8.47. The fourth-order valence-electron chi connectivity index (χ4n) is 3.03. The molecule has 6 nitrogen and oxygen atoms in total. The summed E-state index contributed by atoms with van der Waals surface area (Å²) in [6, 6.07) is 5.91. The summed E-state index contributed by atoms with van der Waals surface area (Å²) in [5.41, 5.74) is 6.62. The van der Waals surface area contributed by atoms with E-state index in [9.17, 15) is 23.2 Å². The largest absolute Gasteiger partial charge is 0.481 e. The fourth-order valence-corrected chi connectivity index (χ4v) is 3.03. The normalized spacial score (nSPS) is 14.2. The summed E-state index contributed by atoms with van der Waals surface area (Å²) in [4.78, 5) is 11.1. The summed E-state index contributed by atoms with van der Waals surface area (Å²) in [6.45, 7) is 1.52. The van der Waals surface area contributed by atoms with E-state index in [2.05, 4.69) is 5.10 Å². The standard InChI is InChI=1S/C16H18B3F3N4O2/c1-7(13(27)28)8-2-4-9(5-3-8)11-10(6-23)12(24)26(25-11)14(15(17,18)19)16(20,21)22/h2-5,7,14H,17-19,24H2,1H3,(H,27,28). The summed E-state index contributed by atoms with van der Waals surface area (Å²) < 4.78 is 41.7. The van der Waals surface area contributed by atoms with Crippen molar-refractivity contribution in [2.24, 2.45) is 0 Å². The smallest absolute Gasteiger partial charge is 0.409 e. The molecule has 0 fully saturated rings. The molecule has 2 unspecified atom stereocenters. The number of hydrogen-bond acceptors (Lipinski definition) is 4. The number of nitrogen functional groups attached to an aromatic ring is 1. The number of halogens is 3. The van der Waals surface area contributed by atoms with Gasteiger partial charge in [-0.05, 0) is 12.5 Å². The van der Waals surface area contributed by atoms with E-state index in [4.69, 9.17) is 10.8 Å². The Balaban J connectivity index is 2.61. The SMILES string of the molecule is BC(B)(B)C(n1nc(-c2ccc(C(C)C(=O)O)cc2)c(C#N)c1N)C(F)(F)F. The third kappa shape index (κ3) is 4.03. The maximum absolute atomic E-state index is 13.7. The van der Waals surface area contributed by atoms with Gasteiger partial charge in [-0.2, -0.15) is 23.5 Å². The number of carboxylic acids is 1. The Labute approximate surface area is 162 Å². The summed E-state index contributed by atoms with van der Waals surface area (Å²) in [6.07, 6.45) is -4.62. The van der Waals surface area contributed by atoms with Crippen molar-refractivity contribution in [2.75, 3.05) is 5.73 Å². The number of nitrogens with zero attached hydrogens (tertiary/aromatic N) is 3. The van der Waals surface area contributed by atoms with E-state index in [-0.39, 0.29) is 17.1 Å². The maximum Gasteiger partial charge on any atom is 0.409 e. The van der Waals surface area contributed by atoms with Crippen molar-refractivity contribution in [1.82, 2.24) is 9.78 Å². The number of benzene rings is 1.